The Morgan fingerprint density at radius 3 is 2.11 bits per heavy atom. The lowest BCUT2D eigenvalue weighted by molar-refractivity contribution is 0.0127. The summed E-state index contributed by atoms with van der Waals surface area (Å²) in [5.74, 6) is 0.830. The summed E-state index contributed by atoms with van der Waals surface area (Å²) in [6.07, 6.45) is -0.512. The minimum atomic E-state index is -0.512. The molecule has 2 aromatic carbocycles. The third-order valence-corrected chi connectivity index (χ3v) is 4.53. The van der Waals surface area contributed by atoms with Crippen LogP contribution in [-0.4, -0.2) is 43.4 Å². The van der Waals surface area contributed by atoms with Gasteiger partial charge in [0.1, 0.15) is 5.75 Å². The van der Waals surface area contributed by atoms with Gasteiger partial charge < -0.3 is 14.6 Å². The molecule has 148 valence electrons. The number of aliphatic hydroxyl groups is 1. The van der Waals surface area contributed by atoms with E-state index in [9.17, 15) is 5.11 Å². The lowest BCUT2D eigenvalue weighted by atomic mass is 9.87. The maximum Gasteiger partial charge on any atom is 0.118 e. The zero-order chi connectivity index (χ0) is 19.9. The number of rotatable bonds is 9. The number of aliphatic hydroxyl groups excluding tert-OH is 1. The predicted molar refractivity (Wildman–Crippen MR) is 110 cm³/mol. The molecular weight excluding hydrogens is 338 g/mol. The van der Waals surface area contributed by atoms with Crippen molar-refractivity contribution in [3.05, 3.63) is 65.2 Å². The van der Waals surface area contributed by atoms with E-state index in [1.54, 1.807) is 7.11 Å². The molecule has 0 fully saturated rings. The molecule has 0 saturated heterocycles. The quantitative estimate of drug-likeness (QED) is 0.723. The van der Waals surface area contributed by atoms with Gasteiger partial charge in [0, 0.05) is 13.1 Å². The molecule has 0 amide bonds. The average molecular weight is 372 g/mol. The smallest absolute Gasteiger partial charge is 0.118 e. The lowest BCUT2D eigenvalue weighted by Crippen LogP contribution is -2.31. The molecule has 2 aromatic rings. The van der Waals surface area contributed by atoms with E-state index in [1.807, 2.05) is 31.3 Å². The van der Waals surface area contributed by atoms with Gasteiger partial charge in [-0.15, -0.1) is 0 Å². The predicted octanol–water partition coefficient (Wildman–Crippen LogP) is 4.00. The second-order valence-electron chi connectivity index (χ2n) is 8.16. The fraction of sp³-hybridized carbons (Fsp3) is 0.478. The van der Waals surface area contributed by atoms with Crippen LogP contribution in [0.25, 0.3) is 0 Å². The van der Waals surface area contributed by atoms with Gasteiger partial charge in [-0.25, -0.2) is 0 Å². The Labute approximate surface area is 163 Å². The molecule has 1 N–H and O–H groups in total. The molecule has 1 atom stereocenters. The van der Waals surface area contributed by atoms with Crippen LogP contribution in [0, 0.1) is 0 Å². The van der Waals surface area contributed by atoms with Crippen molar-refractivity contribution in [1.29, 1.82) is 0 Å². The Kier molecular flexibility index (Phi) is 7.84. The van der Waals surface area contributed by atoms with Crippen molar-refractivity contribution in [2.24, 2.45) is 0 Å². The SMILES string of the molecule is COc1ccc(COC[C@@H](O)CN(C)Cc2ccc(C(C)(C)C)cc2)cc1. The summed E-state index contributed by atoms with van der Waals surface area (Å²) in [7, 11) is 3.67. The molecule has 0 spiro atoms. The monoisotopic (exact) mass is 371 g/mol. The molecule has 4 heteroatoms. The van der Waals surface area contributed by atoms with Gasteiger partial charge in [-0.2, -0.15) is 0 Å². The van der Waals surface area contributed by atoms with Crippen LogP contribution in [0.15, 0.2) is 48.5 Å². The van der Waals surface area contributed by atoms with E-state index in [1.165, 1.54) is 11.1 Å². The Bertz CT molecular complexity index is 674. The first-order valence-electron chi connectivity index (χ1n) is 9.44. The number of nitrogens with zero attached hydrogens (tertiary/aromatic N) is 1. The van der Waals surface area contributed by atoms with Crippen molar-refractivity contribution in [1.82, 2.24) is 4.90 Å². The highest BCUT2D eigenvalue weighted by Gasteiger charge is 2.14. The van der Waals surface area contributed by atoms with Gasteiger partial charge >= 0.3 is 0 Å². The molecule has 0 aliphatic rings. The number of hydrogen-bond donors (Lipinski definition) is 1. The summed E-state index contributed by atoms with van der Waals surface area (Å²) < 4.78 is 10.8. The molecule has 0 aromatic heterocycles. The summed E-state index contributed by atoms with van der Waals surface area (Å²) in [6.45, 7) is 8.84. The summed E-state index contributed by atoms with van der Waals surface area (Å²) in [6, 6.07) is 16.5. The van der Waals surface area contributed by atoms with Crippen LogP contribution < -0.4 is 4.74 Å². The van der Waals surface area contributed by atoms with E-state index in [0.717, 1.165) is 17.9 Å². The highest BCUT2D eigenvalue weighted by Crippen LogP contribution is 2.22. The molecule has 0 bridgehead atoms. The van der Waals surface area contributed by atoms with Gasteiger partial charge in [-0.05, 0) is 41.3 Å². The van der Waals surface area contributed by atoms with Crippen LogP contribution in [0.1, 0.15) is 37.5 Å². The van der Waals surface area contributed by atoms with E-state index in [2.05, 4.69) is 49.9 Å². The first-order valence-corrected chi connectivity index (χ1v) is 9.44. The first kappa shape index (κ1) is 21.4. The van der Waals surface area contributed by atoms with Crippen molar-refractivity contribution < 1.29 is 14.6 Å². The topological polar surface area (TPSA) is 41.9 Å². The normalized spacial score (nSPS) is 13.0. The van der Waals surface area contributed by atoms with Crippen LogP contribution in [0.4, 0.5) is 0 Å². The second-order valence-corrected chi connectivity index (χ2v) is 8.16. The summed E-state index contributed by atoms with van der Waals surface area (Å²) >= 11 is 0. The molecule has 0 radical (unpaired) electrons. The molecule has 2 rings (SSSR count). The summed E-state index contributed by atoms with van der Waals surface area (Å²) in [5, 5.41) is 10.2. The zero-order valence-electron chi connectivity index (χ0n) is 17.2. The van der Waals surface area contributed by atoms with Crippen LogP contribution in [-0.2, 0) is 23.3 Å². The van der Waals surface area contributed by atoms with Crippen LogP contribution in [0.3, 0.4) is 0 Å². The van der Waals surface area contributed by atoms with Crippen LogP contribution in [0.5, 0.6) is 5.75 Å². The van der Waals surface area contributed by atoms with E-state index >= 15 is 0 Å². The largest absolute Gasteiger partial charge is 0.497 e. The van der Waals surface area contributed by atoms with Gasteiger partial charge in [0.25, 0.3) is 0 Å². The summed E-state index contributed by atoms with van der Waals surface area (Å²) in [5.41, 5.74) is 3.81. The highest BCUT2D eigenvalue weighted by molar-refractivity contribution is 5.28. The van der Waals surface area contributed by atoms with Gasteiger partial charge in [0.05, 0.1) is 26.4 Å². The highest BCUT2D eigenvalue weighted by atomic mass is 16.5. The second kappa shape index (κ2) is 9.88. The minimum absolute atomic E-state index is 0.169. The third-order valence-electron chi connectivity index (χ3n) is 4.53. The van der Waals surface area contributed by atoms with Gasteiger partial charge in [0.2, 0.25) is 0 Å². The number of benzene rings is 2. The maximum absolute atomic E-state index is 10.2. The molecule has 0 aliphatic heterocycles. The van der Waals surface area contributed by atoms with Crippen LogP contribution >= 0.6 is 0 Å². The molecule has 0 heterocycles. The average Bonchev–Trinajstić information content (AvgIpc) is 2.62. The molecule has 27 heavy (non-hydrogen) atoms. The molecular formula is C23H33NO3. The maximum atomic E-state index is 10.2. The van der Waals surface area contributed by atoms with Crippen molar-refractivity contribution in [3.8, 4) is 5.75 Å². The Hall–Kier alpha value is -1.88. The molecule has 0 unspecified atom stereocenters. The van der Waals surface area contributed by atoms with E-state index in [-0.39, 0.29) is 5.41 Å². The van der Waals surface area contributed by atoms with E-state index in [0.29, 0.717) is 19.8 Å². The van der Waals surface area contributed by atoms with Crippen LogP contribution in [0.2, 0.25) is 0 Å². The van der Waals surface area contributed by atoms with E-state index < -0.39 is 6.10 Å². The number of hydrogen-bond acceptors (Lipinski definition) is 4. The minimum Gasteiger partial charge on any atom is -0.497 e. The molecule has 4 nitrogen and oxygen atoms in total. The third kappa shape index (κ3) is 7.33. The first-order chi connectivity index (χ1) is 12.8. The molecule has 0 saturated carbocycles. The fourth-order valence-corrected chi connectivity index (χ4v) is 2.93. The van der Waals surface area contributed by atoms with Gasteiger partial charge in [-0.3, -0.25) is 4.90 Å². The van der Waals surface area contributed by atoms with Gasteiger partial charge in [-0.1, -0.05) is 57.2 Å². The number of ether oxygens (including phenoxy) is 2. The van der Waals surface area contributed by atoms with Crippen molar-refractivity contribution in [2.75, 3.05) is 27.3 Å². The Morgan fingerprint density at radius 2 is 1.56 bits per heavy atom. The fourth-order valence-electron chi connectivity index (χ4n) is 2.93. The standard InChI is InChI=1S/C23H33NO3/c1-23(2,3)20-10-6-18(7-11-20)14-24(4)15-21(25)17-27-16-19-8-12-22(26-5)13-9-19/h6-13,21,25H,14-17H2,1-5H3/t21-/m0/s1. The Morgan fingerprint density at radius 1 is 0.963 bits per heavy atom. The van der Waals surface area contributed by atoms with Gasteiger partial charge in [0.15, 0.2) is 0 Å². The Balaban J connectivity index is 1.72. The zero-order valence-corrected chi connectivity index (χ0v) is 17.2. The van der Waals surface area contributed by atoms with E-state index in [4.69, 9.17) is 9.47 Å². The lowest BCUT2D eigenvalue weighted by Gasteiger charge is -2.22. The van der Waals surface area contributed by atoms with Crippen molar-refractivity contribution in [3.63, 3.8) is 0 Å². The van der Waals surface area contributed by atoms with Crippen molar-refractivity contribution >= 4 is 0 Å². The number of likely N-dealkylation sites (N-methyl/N-ethyl adjacent to an activating group) is 1. The molecule has 0 aliphatic carbocycles. The summed E-state index contributed by atoms with van der Waals surface area (Å²) in [4.78, 5) is 2.12. The van der Waals surface area contributed by atoms with Crippen molar-refractivity contribution in [2.45, 2.75) is 45.4 Å². The number of methoxy groups -OCH3 is 1.